The van der Waals surface area contributed by atoms with Gasteiger partial charge in [-0.05, 0) is 121 Å². The van der Waals surface area contributed by atoms with E-state index in [2.05, 4.69) is 85.1 Å². The standard InChI is InChI=1S/C31H83O15Si16/c1-50-33-48-34-51(2)42-60(11,41-50)29-23-16-14-20-26-47-32-58(27-21-15-17-24-30-61(12)43-54(5)37-52(3)38-55(6)44-61)35-49-36-59(9,10)28-22-18-19-25-31-62(13)45-56(7)39-53(4)40-57(8)46-62/h50-57H,14-31H2,1-13H3. The number of hydrogen-bond acceptors (Lipinski definition) is 15. The molecule has 361 valence electrons. The molecule has 31 heteroatoms. The SMILES string of the molecule is C[SiH]1O[SiH](C)O[Si](C)(CCCCCC[Si](O[Si]CCCCCC[Si]2(C)O[SiH](C)O[Si]O[SiH](C)O2)O[Si]O[Si](C)(C)CCCCCC[Si]2(C)O[SiH](C)O[SiH](C)O[SiH](C)O2)O[SiH](C)O1. The molecule has 6 atom stereocenters. The number of hydrogen-bond donors (Lipinski definition) is 0. The molecule has 6 unspecified atom stereocenters. The Morgan fingerprint density at radius 3 is 1.32 bits per heavy atom. The van der Waals surface area contributed by atoms with Crippen molar-refractivity contribution in [2.75, 3.05) is 0 Å². The molecule has 3 fully saturated rings. The van der Waals surface area contributed by atoms with Gasteiger partial charge in [0, 0.05) is 0 Å². The molecular formula is C31H83O15Si16. The number of unbranched alkanes of at least 4 members (excludes halogenated alkanes) is 9. The molecule has 0 bridgehead atoms. The van der Waals surface area contributed by atoms with Crippen molar-refractivity contribution >= 4 is 147 Å². The first-order valence-corrected chi connectivity index (χ1v) is 55.1. The summed E-state index contributed by atoms with van der Waals surface area (Å²) in [6.07, 6.45) is 13.8. The minimum absolute atomic E-state index is 0.0490. The summed E-state index contributed by atoms with van der Waals surface area (Å²) in [5.74, 6) is 0. The molecule has 0 saturated carbocycles. The zero-order valence-corrected chi connectivity index (χ0v) is 57.7. The zero-order valence-electron chi connectivity index (χ0n) is 40.5. The van der Waals surface area contributed by atoms with Crippen LogP contribution >= 0.6 is 0 Å². The molecule has 7 radical (unpaired) electrons. The van der Waals surface area contributed by atoms with E-state index in [9.17, 15) is 0 Å². The summed E-state index contributed by atoms with van der Waals surface area (Å²) in [6.45, 7) is 28.1. The normalized spacial score (nSPS) is 34.5. The van der Waals surface area contributed by atoms with Crippen molar-refractivity contribution in [1.29, 1.82) is 0 Å². The van der Waals surface area contributed by atoms with Crippen molar-refractivity contribution in [2.45, 2.75) is 198 Å². The summed E-state index contributed by atoms with van der Waals surface area (Å²) in [4.78, 5) is 0. The predicted molar refractivity (Wildman–Crippen MR) is 280 cm³/mol. The van der Waals surface area contributed by atoms with Gasteiger partial charge in [0.15, 0.2) is 8.32 Å². The van der Waals surface area contributed by atoms with Crippen LogP contribution in [0.5, 0.6) is 0 Å². The highest BCUT2D eigenvalue weighted by molar-refractivity contribution is 6.82. The lowest BCUT2D eigenvalue weighted by Gasteiger charge is -2.37. The van der Waals surface area contributed by atoms with E-state index in [4.69, 9.17) is 61.7 Å². The van der Waals surface area contributed by atoms with E-state index >= 15 is 0 Å². The Labute approximate surface area is 404 Å². The fourth-order valence-electron chi connectivity index (χ4n) is 7.91. The second-order valence-electron chi connectivity index (χ2n) is 17.9. The van der Waals surface area contributed by atoms with Crippen LogP contribution in [0.25, 0.3) is 0 Å². The Morgan fingerprint density at radius 1 is 0.484 bits per heavy atom. The van der Waals surface area contributed by atoms with Crippen LogP contribution in [0, 0.1) is 0 Å². The van der Waals surface area contributed by atoms with Crippen molar-refractivity contribution in [3.63, 3.8) is 0 Å². The van der Waals surface area contributed by atoms with Crippen LogP contribution < -0.4 is 0 Å². The Kier molecular flexibility index (Phi) is 29.8. The maximum Gasteiger partial charge on any atom is 0.412 e. The largest absolute Gasteiger partial charge is 0.435 e. The molecule has 0 aromatic rings. The molecule has 0 aliphatic carbocycles. The van der Waals surface area contributed by atoms with Gasteiger partial charge in [-0.1, -0.05) is 77.0 Å². The van der Waals surface area contributed by atoms with Crippen LogP contribution in [0.15, 0.2) is 0 Å². The third-order valence-electron chi connectivity index (χ3n) is 10.7. The molecule has 3 aliphatic heterocycles. The lowest BCUT2D eigenvalue weighted by Crippen LogP contribution is -2.52. The molecule has 62 heavy (non-hydrogen) atoms. The van der Waals surface area contributed by atoms with Gasteiger partial charge in [0.2, 0.25) is 9.76 Å². The topological polar surface area (TPSA) is 138 Å². The lowest BCUT2D eigenvalue weighted by atomic mass is 10.2. The van der Waals surface area contributed by atoms with Crippen LogP contribution in [-0.2, 0) is 61.7 Å². The summed E-state index contributed by atoms with van der Waals surface area (Å²) in [6, 6.07) is 6.20. The zero-order chi connectivity index (χ0) is 45.7. The molecule has 0 aromatic heterocycles. The molecule has 15 nitrogen and oxygen atoms in total. The molecule has 3 rings (SSSR count). The van der Waals surface area contributed by atoms with Crippen molar-refractivity contribution in [3.05, 3.63) is 0 Å². The smallest absolute Gasteiger partial charge is 0.412 e. The van der Waals surface area contributed by atoms with Gasteiger partial charge < -0.3 is 61.7 Å². The molecule has 0 aromatic carbocycles. The van der Waals surface area contributed by atoms with Crippen molar-refractivity contribution < 1.29 is 61.7 Å². The fraction of sp³-hybridized carbons (Fsp3) is 1.00. The average Bonchev–Trinajstić information content (AvgIpc) is 3.12. The number of rotatable bonds is 27. The predicted octanol–water partition coefficient (Wildman–Crippen LogP) is 5.78. The first kappa shape index (κ1) is 59.2. The monoisotopic (exact) mass is 1140 g/mol. The van der Waals surface area contributed by atoms with E-state index < -0.39 is 118 Å². The average molecular weight is 1150 g/mol. The highest BCUT2D eigenvalue weighted by Crippen LogP contribution is 2.27. The second-order valence-corrected chi connectivity index (χ2v) is 56.0. The Hall–Kier alpha value is 2.87. The lowest BCUT2D eigenvalue weighted by molar-refractivity contribution is 0.271. The second kappa shape index (κ2) is 31.3. The molecule has 0 spiro atoms. The Bertz CT molecular complexity index is 1160. The molecule has 3 saturated heterocycles. The summed E-state index contributed by atoms with van der Waals surface area (Å²) in [5, 5.41) is 0. The summed E-state index contributed by atoms with van der Waals surface area (Å²) >= 11 is 0. The van der Waals surface area contributed by atoms with Crippen molar-refractivity contribution in [1.82, 2.24) is 0 Å². The highest BCUT2D eigenvalue weighted by atomic mass is 28.5. The van der Waals surface area contributed by atoms with Gasteiger partial charge in [0.05, 0.1) is 0 Å². The van der Waals surface area contributed by atoms with Crippen LogP contribution in [0.3, 0.4) is 0 Å². The van der Waals surface area contributed by atoms with Gasteiger partial charge >= 0.3 is 55.0 Å². The Balaban J connectivity index is 1.37. The van der Waals surface area contributed by atoms with E-state index in [0.717, 1.165) is 81.2 Å². The fourth-order valence-corrected chi connectivity index (χ4v) is 55.4. The van der Waals surface area contributed by atoms with Crippen molar-refractivity contribution in [2.24, 2.45) is 0 Å². The van der Waals surface area contributed by atoms with Gasteiger partial charge in [-0.2, -0.15) is 0 Å². The first-order valence-electron chi connectivity index (χ1n) is 23.4. The van der Waals surface area contributed by atoms with Gasteiger partial charge in [-0.25, -0.2) is 0 Å². The van der Waals surface area contributed by atoms with Gasteiger partial charge in [0.1, 0.15) is 0 Å². The molecule has 0 N–H and O–H groups in total. The summed E-state index contributed by atoms with van der Waals surface area (Å²) in [5.41, 5.74) is 0. The highest BCUT2D eigenvalue weighted by Gasteiger charge is 2.41. The quantitative estimate of drug-likeness (QED) is 0.0726. The van der Waals surface area contributed by atoms with Crippen LogP contribution in [0.1, 0.15) is 77.0 Å². The van der Waals surface area contributed by atoms with E-state index in [1.54, 1.807) is 0 Å². The third kappa shape index (κ3) is 26.7. The molecule has 3 aliphatic rings. The van der Waals surface area contributed by atoms with Crippen molar-refractivity contribution in [3.8, 4) is 0 Å². The van der Waals surface area contributed by atoms with Gasteiger partial charge in [-0.15, -0.1) is 0 Å². The summed E-state index contributed by atoms with van der Waals surface area (Å²) < 4.78 is 94.3. The maximum atomic E-state index is 6.54. The first-order chi connectivity index (χ1) is 29.3. The van der Waals surface area contributed by atoms with Gasteiger partial charge in [0.25, 0.3) is 74.3 Å². The van der Waals surface area contributed by atoms with E-state index in [-0.39, 0.29) is 20.0 Å². The molecule has 0 amide bonds. The van der Waals surface area contributed by atoms with Crippen LogP contribution in [0.2, 0.25) is 121 Å². The van der Waals surface area contributed by atoms with Gasteiger partial charge in [-0.3, -0.25) is 0 Å². The third-order valence-corrected chi connectivity index (χ3v) is 58.3. The minimum Gasteiger partial charge on any atom is -0.435 e. The summed E-state index contributed by atoms with van der Waals surface area (Å²) in [7, 11) is -22.9. The van der Waals surface area contributed by atoms with E-state index in [1.165, 1.54) is 32.1 Å². The van der Waals surface area contributed by atoms with Crippen LogP contribution in [0.4, 0.5) is 0 Å². The molecule has 3 heterocycles. The van der Waals surface area contributed by atoms with E-state index in [1.807, 2.05) is 0 Å². The Morgan fingerprint density at radius 2 is 0.871 bits per heavy atom. The molecular weight excluding hydrogens is 1060 g/mol. The van der Waals surface area contributed by atoms with E-state index in [0.29, 0.717) is 9.76 Å². The maximum absolute atomic E-state index is 6.54. The van der Waals surface area contributed by atoms with Crippen LogP contribution in [-0.4, -0.2) is 147 Å². The minimum atomic E-state index is -2.27.